The van der Waals surface area contributed by atoms with Gasteiger partial charge in [0.2, 0.25) is 0 Å². The van der Waals surface area contributed by atoms with Gasteiger partial charge in [-0.1, -0.05) is 6.07 Å². The molecule has 2 unspecified atom stereocenters. The van der Waals surface area contributed by atoms with Crippen molar-refractivity contribution in [3.8, 4) is 11.6 Å². The topological polar surface area (TPSA) is 74.7 Å². The second-order valence-corrected chi connectivity index (χ2v) is 10.9. The molecule has 0 amide bonds. The van der Waals surface area contributed by atoms with Gasteiger partial charge in [0.1, 0.15) is 0 Å². The monoisotopic (exact) mass is 483 g/mol. The molecule has 0 aliphatic heterocycles. The first-order valence-corrected chi connectivity index (χ1v) is 12.2. The molecule has 0 fully saturated rings. The summed E-state index contributed by atoms with van der Waals surface area (Å²) in [4.78, 5) is 29.1. The van der Waals surface area contributed by atoms with E-state index in [2.05, 4.69) is 4.98 Å². The number of rotatable bonds is 7. The Balaban J connectivity index is 1.75. The number of aromatic nitrogens is 1. The van der Waals surface area contributed by atoms with Crippen LogP contribution in [0.3, 0.4) is 0 Å². The number of hydrogen-bond acceptors (Lipinski definition) is 6. The Hall–Kier alpha value is -2.85. The van der Waals surface area contributed by atoms with E-state index in [0.717, 1.165) is 22.2 Å². The molecule has 31 heavy (non-hydrogen) atoms. The number of carbonyl (C=O) groups excluding carboxylic acids is 2. The van der Waals surface area contributed by atoms with Crippen LogP contribution < -0.4 is 4.74 Å². The minimum atomic E-state index is -1.35. The fraction of sp³-hybridized carbons (Fsp3) is 0.292. The van der Waals surface area contributed by atoms with E-state index >= 15 is 0 Å². The van der Waals surface area contributed by atoms with Crippen LogP contribution in [0.5, 0.6) is 11.6 Å². The molecule has 0 aliphatic rings. The van der Waals surface area contributed by atoms with Gasteiger partial charge < -0.3 is 0 Å². The van der Waals surface area contributed by atoms with Crippen LogP contribution in [0.2, 0.25) is 4.71 Å². The summed E-state index contributed by atoms with van der Waals surface area (Å²) >= 11 is -1.35. The molecular formula is C24H26AsNO5. The molecule has 3 aromatic rings. The molecule has 0 radical (unpaired) electrons. The quantitative estimate of drug-likeness (QED) is 0.352. The number of hydrogen-bond donors (Lipinski definition) is 0. The van der Waals surface area contributed by atoms with Gasteiger partial charge in [-0.05, 0) is 0 Å². The number of esters is 1. The molecule has 1 heterocycles. The number of nitrogens with zero attached hydrogens (tertiary/aromatic N) is 1. The van der Waals surface area contributed by atoms with Gasteiger partial charge in [0, 0.05) is 0 Å². The third-order valence-corrected chi connectivity index (χ3v) is 6.67. The minimum absolute atomic E-state index is 0.298. The van der Waals surface area contributed by atoms with Crippen molar-refractivity contribution in [1.82, 2.24) is 4.98 Å². The molecule has 0 saturated carbocycles. The van der Waals surface area contributed by atoms with Crippen molar-refractivity contribution in [1.29, 1.82) is 0 Å². The van der Waals surface area contributed by atoms with Crippen LogP contribution in [0, 0.1) is 0 Å². The number of methoxy groups -OCH3 is 1. The second-order valence-electron chi connectivity index (χ2n) is 8.02. The average molecular weight is 483 g/mol. The van der Waals surface area contributed by atoms with Crippen LogP contribution in [0.25, 0.3) is 10.9 Å². The van der Waals surface area contributed by atoms with Crippen molar-refractivity contribution in [2.45, 2.75) is 37.5 Å². The molecule has 3 rings (SSSR count). The van der Waals surface area contributed by atoms with Crippen molar-refractivity contribution in [3.63, 3.8) is 0 Å². The van der Waals surface area contributed by atoms with Crippen LogP contribution in [0.15, 0.2) is 60.7 Å². The molecule has 162 valence electrons. The summed E-state index contributed by atoms with van der Waals surface area (Å²) in [6.07, 6.45) is 0.421. The molecule has 7 heteroatoms. The maximum atomic E-state index is 12.3. The molecule has 0 aliphatic carbocycles. The number of ether oxygens (including phenoxy) is 3. The zero-order valence-corrected chi connectivity index (χ0v) is 20.1. The van der Waals surface area contributed by atoms with E-state index in [4.69, 9.17) is 14.2 Å². The van der Waals surface area contributed by atoms with E-state index < -0.39 is 26.1 Å². The normalized spacial score (nSPS) is 12.6. The van der Waals surface area contributed by atoms with Gasteiger partial charge in [0.25, 0.3) is 0 Å². The van der Waals surface area contributed by atoms with Crippen molar-refractivity contribution in [2.24, 2.45) is 0 Å². The van der Waals surface area contributed by atoms with Crippen LogP contribution in [0.4, 0.5) is 4.79 Å². The van der Waals surface area contributed by atoms with Crippen LogP contribution >= 0.6 is 0 Å². The Morgan fingerprint density at radius 2 is 1.77 bits per heavy atom. The van der Waals surface area contributed by atoms with Gasteiger partial charge in [0.15, 0.2) is 0 Å². The summed E-state index contributed by atoms with van der Waals surface area (Å²) in [5.41, 5.74) is 1.15. The van der Waals surface area contributed by atoms with Crippen molar-refractivity contribution in [3.05, 3.63) is 66.2 Å². The predicted octanol–water partition coefficient (Wildman–Crippen LogP) is 4.90. The Morgan fingerprint density at radius 1 is 1.03 bits per heavy atom. The van der Waals surface area contributed by atoms with Crippen molar-refractivity contribution >= 4 is 37.4 Å². The van der Waals surface area contributed by atoms with E-state index in [1.165, 1.54) is 7.11 Å². The van der Waals surface area contributed by atoms with Gasteiger partial charge >= 0.3 is 183 Å². The number of fused-ring (bicyclic) bond motifs is 1. The third-order valence-electron chi connectivity index (χ3n) is 4.31. The first kappa shape index (κ1) is 22.8. The van der Waals surface area contributed by atoms with Gasteiger partial charge in [-0.3, -0.25) is 0 Å². The Kier molecular flexibility index (Phi) is 7.34. The SMILES string of the molecule is COC(=O)C(Cc1ccc2nc(Oc3ccccc3)ccc2c1)[AsH]C(=O)OC(C)(C)C. The molecule has 0 saturated heterocycles. The fourth-order valence-corrected chi connectivity index (χ4v) is 5.54. The van der Waals surface area contributed by atoms with E-state index in [9.17, 15) is 9.59 Å². The third kappa shape index (κ3) is 6.83. The summed E-state index contributed by atoms with van der Waals surface area (Å²) in [5.74, 6) is 0.852. The first-order chi connectivity index (χ1) is 14.7. The summed E-state index contributed by atoms with van der Waals surface area (Å²) < 4.78 is 15.3. The molecular weight excluding hydrogens is 457 g/mol. The first-order valence-electron chi connectivity index (χ1n) is 9.93. The summed E-state index contributed by atoms with van der Waals surface area (Å²) in [7, 11) is 1.34. The van der Waals surface area contributed by atoms with E-state index in [1.807, 2.05) is 81.4 Å². The molecule has 2 atom stereocenters. The van der Waals surface area contributed by atoms with E-state index in [0.29, 0.717) is 12.3 Å². The number of benzene rings is 2. The standard InChI is InChI=1S/C24H26AsNO5/c1-24(2,3)31-23(28)25-19(22(27)29-4)15-16-10-12-20-17(14-16)11-13-21(26-20)30-18-8-6-5-7-9-18/h5-14,19,25H,15H2,1-4H3. The summed E-state index contributed by atoms with van der Waals surface area (Å²) in [6, 6.07) is 19.0. The Morgan fingerprint density at radius 3 is 2.45 bits per heavy atom. The molecule has 1 aromatic heterocycles. The summed E-state index contributed by atoms with van der Waals surface area (Å²) in [5, 5.41) is 0.929. The zero-order chi connectivity index (χ0) is 22.4. The number of para-hydroxylation sites is 1. The van der Waals surface area contributed by atoms with Crippen LogP contribution in [0.1, 0.15) is 26.3 Å². The molecule has 6 nitrogen and oxygen atoms in total. The zero-order valence-electron chi connectivity index (χ0n) is 18.0. The molecule has 0 bridgehead atoms. The molecule has 2 aromatic carbocycles. The predicted molar refractivity (Wildman–Crippen MR) is 121 cm³/mol. The Bertz CT molecular complexity index is 1060. The van der Waals surface area contributed by atoms with Gasteiger partial charge in [-0.2, -0.15) is 0 Å². The number of pyridine rings is 1. The van der Waals surface area contributed by atoms with Crippen molar-refractivity contribution in [2.75, 3.05) is 7.11 Å². The summed E-state index contributed by atoms with van der Waals surface area (Å²) in [6.45, 7) is 5.45. The molecule has 0 spiro atoms. The maximum absolute atomic E-state index is 12.3. The number of carbonyl (C=O) groups is 2. The van der Waals surface area contributed by atoms with Gasteiger partial charge in [-0.25, -0.2) is 0 Å². The van der Waals surface area contributed by atoms with Crippen molar-refractivity contribution < 1.29 is 23.8 Å². The van der Waals surface area contributed by atoms with E-state index in [1.54, 1.807) is 0 Å². The second kappa shape index (κ2) is 9.97. The van der Waals surface area contributed by atoms with Crippen LogP contribution in [-0.4, -0.2) is 44.2 Å². The Labute approximate surface area is 188 Å². The van der Waals surface area contributed by atoms with Gasteiger partial charge in [0.05, 0.1) is 0 Å². The molecule has 0 N–H and O–H groups in total. The fourth-order valence-electron chi connectivity index (χ4n) is 2.97. The average Bonchev–Trinajstić information content (AvgIpc) is 2.72. The van der Waals surface area contributed by atoms with Gasteiger partial charge in [-0.15, -0.1) is 0 Å². The van der Waals surface area contributed by atoms with Crippen LogP contribution in [-0.2, 0) is 20.7 Å². The van der Waals surface area contributed by atoms with E-state index in [-0.39, 0.29) is 10.7 Å².